The zero-order valence-electron chi connectivity index (χ0n) is 11.9. The van der Waals surface area contributed by atoms with E-state index in [9.17, 15) is 9.18 Å². The molecule has 2 N–H and O–H groups in total. The number of nitriles is 1. The van der Waals surface area contributed by atoms with Crippen molar-refractivity contribution in [3.63, 3.8) is 0 Å². The number of primary amides is 1. The minimum atomic E-state index is -0.778. The average Bonchev–Trinajstić information content (AvgIpc) is 2.53. The van der Waals surface area contributed by atoms with E-state index in [0.29, 0.717) is 22.4 Å². The van der Waals surface area contributed by atoms with Gasteiger partial charge in [0.2, 0.25) is 0 Å². The Balaban J connectivity index is 2.12. The highest BCUT2D eigenvalue weighted by Gasteiger charge is 2.06. The zero-order valence-corrected chi connectivity index (χ0v) is 13.5. The highest BCUT2D eigenvalue weighted by atomic mass is 79.9. The molecular formula is C17H12BrFN2O2. The first-order valence-corrected chi connectivity index (χ1v) is 7.37. The number of rotatable bonds is 5. The number of nitrogens with two attached hydrogens (primary N) is 1. The second-order valence-electron chi connectivity index (χ2n) is 4.64. The van der Waals surface area contributed by atoms with Crippen molar-refractivity contribution in [2.75, 3.05) is 0 Å². The maximum absolute atomic E-state index is 12.8. The topological polar surface area (TPSA) is 76.1 Å². The Morgan fingerprint density at radius 2 is 2.00 bits per heavy atom. The molecule has 0 unspecified atom stereocenters. The molecule has 0 aliphatic heterocycles. The molecule has 0 bridgehead atoms. The zero-order chi connectivity index (χ0) is 16.8. The van der Waals surface area contributed by atoms with E-state index >= 15 is 0 Å². The van der Waals surface area contributed by atoms with Gasteiger partial charge >= 0.3 is 0 Å². The van der Waals surface area contributed by atoms with Crippen LogP contribution in [0, 0.1) is 17.1 Å². The van der Waals surface area contributed by atoms with Gasteiger partial charge < -0.3 is 10.5 Å². The Kier molecular flexibility index (Phi) is 5.50. The highest BCUT2D eigenvalue weighted by molar-refractivity contribution is 9.10. The third-order valence-corrected chi connectivity index (χ3v) is 3.58. The Hall–Kier alpha value is -2.65. The fourth-order valence-corrected chi connectivity index (χ4v) is 2.30. The number of benzene rings is 2. The summed E-state index contributed by atoms with van der Waals surface area (Å²) in [5, 5.41) is 8.83. The molecule has 0 saturated carbocycles. The van der Waals surface area contributed by atoms with Crippen LogP contribution >= 0.6 is 15.9 Å². The molecule has 0 aliphatic carbocycles. The van der Waals surface area contributed by atoms with Crippen molar-refractivity contribution in [2.24, 2.45) is 5.73 Å². The van der Waals surface area contributed by atoms with Crippen molar-refractivity contribution in [2.45, 2.75) is 6.61 Å². The molecule has 23 heavy (non-hydrogen) atoms. The SMILES string of the molecule is N#C/C(=C\c1ccc(OCc2ccc(F)cc2)c(Br)c1)C(N)=O. The largest absolute Gasteiger partial charge is 0.488 e. The van der Waals surface area contributed by atoms with Gasteiger partial charge in [-0.05, 0) is 57.4 Å². The number of carbonyl (C=O) groups is 1. The van der Waals surface area contributed by atoms with Crippen LogP contribution in [0.25, 0.3) is 6.08 Å². The van der Waals surface area contributed by atoms with Crippen LogP contribution in [-0.4, -0.2) is 5.91 Å². The summed E-state index contributed by atoms with van der Waals surface area (Å²) in [4.78, 5) is 11.0. The number of amides is 1. The van der Waals surface area contributed by atoms with Crippen molar-refractivity contribution < 1.29 is 13.9 Å². The van der Waals surface area contributed by atoms with E-state index in [1.54, 1.807) is 36.4 Å². The third-order valence-electron chi connectivity index (χ3n) is 2.96. The Bertz CT molecular complexity index is 795. The minimum Gasteiger partial charge on any atom is -0.488 e. The molecule has 6 heteroatoms. The molecule has 2 aromatic carbocycles. The van der Waals surface area contributed by atoms with Crippen LogP contribution in [-0.2, 0) is 11.4 Å². The molecule has 2 rings (SSSR count). The number of hydrogen-bond acceptors (Lipinski definition) is 3. The summed E-state index contributed by atoms with van der Waals surface area (Å²) in [6.07, 6.45) is 1.40. The van der Waals surface area contributed by atoms with Crippen LogP contribution in [0.2, 0.25) is 0 Å². The molecule has 0 spiro atoms. The van der Waals surface area contributed by atoms with Gasteiger partial charge in [0, 0.05) is 0 Å². The number of ether oxygens (including phenoxy) is 1. The second kappa shape index (κ2) is 7.56. The normalized spacial score (nSPS) is 10.9. The van der Waals surface area contributed by atoms with Gasteiger partial charge in [0.1, 0.15) is 29.8 Å². The van der Waals surface area contributed by atoms with Crippen molar-refractivity contribution in [1.29, 1.82) is 5.26 Å². The molecular weight excluding hydrogens is 363 g/mol. The van der Waals surface area contributed by atoms with Gasteiger partial charge in [-0.1, -0.05) is 18.2 Å². The monoisotopic (exact) mass is 374 g/mol. The van der Waals surface area contributed by atoms with Gasteiger partial charge in [-0.25, -0.2) is 4.39 Å². The molecule has 1 amide bonds. The van der Waals surface area contributed by atoms with Gasteiger partial charge in [0.05, 0.1) is 4.47 Å². The van der Waals surface area contributed by atoms with E-state index < -0.39 is 5.91 Å². The van der Waals surface area contributed by atoms with E-state index in [2.05, 4.69) is 15.9 Å². The van der Waals surface area contributed by atoms with Crippen molar-refractivity contribution in [3.8, 4) is 11.8 Å². The van der Waals surface area contributed by atoms with Gasteiger partial charge in [-0.3, -0.25) is 4.79 Å². The fourth-order valence-electron chi connectivity index (χ4n) is 1.79. The first-order valence-electron chi connectivity index (χ1n) is 6.58. The predicted molar refractivity (Wildman–Crippen MR) is 87.7 cm³/mol. The van der Waals surface area contributed by atoms with Crippen LogP contribution in [0.3, 0.4) is 0 Å². The molecule has 0 aliphatic rings. The molecule has 4 nitrogen and oxygen atoms in total. The predicted octanol–water partition coefficient (Wildman–Crippen LogP) is 3.56. The van der Waals surface area contributed by atoms with Gasteiger partial charge in [0.15, 0.2) is 0 Å². The number of hydrogen-bond donors (Lipinski definition) is 1. The molecule has 0 heterocycles. The summed E-state index contributed by atoms with van der Waals surface area (Å²) in [6.45, 7) is 0.290. The first kappa shape index (κ1) is 16.7. The summed E-state index contributed by atoms with van der Waals surface area (Å²) in [5.41, 5.74) is 6.44. The van der Waals surface area contributed by atoms with Crippen molar-refractivity contribution in [3.05, 3.63) is 69.5 Å². The maximum Gasteiger partial charge on any atom is 0.259 e. The minimum absolute atomic E-state index is 0.128. The first-order chi connectivity index (χ1) is 11.0. The lowest BCUT2D eigenvalue weighted by Crippen LogP contribution is -2.12. The molecule has 0 aromatic heterocycles. The smallest absolute Gasteiger partial charge is 0.259 e. The average molecular weight is 375 g/mol. The molecule has 0 saturated heterocycles. The Morgan fingerprint density at radius 3 is 2.57 bits per heavy atom. The summed E-state index contributed by atoms with van der Waals surface area (Å²) in [5.74, 6) is -0.488. The van der Waals surface area contributed by atoms with Crippen molar-refractivity contribution >= 4 is 27.9 Å². The van der Waals surface area contributed by atoms with Gasteiger partial charge in [-0.2, -0.15) is 5.26 Å². The van der Waals surface area contributed by atoms with E-state index in [1.165, 1.54) is 18.2 Å². The molecule has 2 aromatic rings. The van der Waals surface area contributed by atoms with Crippen LogP contribution < -0.4 is 10.5 Å². The van der Waals surface area contributed by atoms with Gasteiger partial charge in [0.25, 0.3) is 5.91 Å². The number of halogens is 2. The third kappa shape index (κ3) is 4.66. The molecule has 0 atom stereocenters. The van der Waals surface area contributed by atoms with Crippen LogP contribution in [0.4, 0.5) is 4.39 Å². The molecule has 0 radical (unpaired) electrons. The van der Waals surface area contributed by atoms with E-state index in [-0.39, 0.29) is 11.4 Å². The fraction of sp³-hybridized carbons (Fsp3) is 0.0588. The van der Waals surface area contributed by atoms with E-state index in [0.717, 1.165) is 5.56 Å². The standard InChI is InChI=1S/C17H12BrFN2O2/c18-15-8-12(7-13(9-20)17(21)22)3-6-16(15)23-10-11-1-4-14(19)5-2-11/h1-8H,10H2,(H2,21,22)/b13-7+. The molecule has 0 fully saturated rings. The van der Waals surface area contributed by atoms with Crippen LogP contribution in [0.5, 0.6) is 5.75 Å². The maximum atomic E-state index is 12.8. The lowest BCUT2D eigenvalue weighted by atomic mass is 10.1. The van der Waals surface area contributed by atoms with Crippen LogP contribution in [0.15, 0.2) is 52.5 Å². The molecule has 116 valence electrons. The van der Waals surface area contributed by atoms with Gasteiger partial charge in [-0.15, -0.1) is 0 Å². The van der Waals surface area contributed by atoms with E-state index in [4.69, 9.17) is 15.7 Å². The Labute approximate surface area is 141 Å². The van der Waals surface area contributed by atoms with E-state index in [1.807, 2.05) is 0 Å². The second-order valence-corrected chi connectivity index (χ2v) is 5.49. The number of nitrogens with zero attached hydrogens (tertiary/aromatic N) is 1. The lowest BCUT2D eigenvalue weighted by molar-refractivity contribution is -0.114. The number of carbonyl (C=O) groups excluding carboxylic acids is 1. The summed E-state index contributed by atoms with van der Waals surface area (Å²) >= 11 is 3.37. The van der Waals surface area contributed by atoms with Crippen molar-refractivity contribution in [1.82, 2.24) is 0 Å². The summed E-state index contributed by atoms with van der Waals surface area (Å²) in [7, 11) is 0. The Morgan fingerprint density at radius 1 is 1.30 bits per heavy atom. The summed E-state index contributed by atoms with van der Waals surface area (Å²) < 4.78 is 19.2. The highest BCUT2D eigenvalue weighted by Crippen LogP contribution is 2.27. The lowest BCUT2D eigenvalue weighted by Gasteiger charge is -2.09. The van der Waals surface area contributed by atoms with Crippen LogP contribution in [0.1, 0.15) is 11.1 Å². The quantitative estimate of drug-likeness (QED) is 0.641. The summed E-state index contributed by atoms with van der Waals surface area (Å²) in [6, 6.07) is 12.9.